The predicted molar refractivity (Wildman–Crippen MR) is 124 cm³/mol. The minimum Gasteiger partial charge on any atom is -0.313 e. The summed E-state index contributed by atoms with van der Waals surface area (Å²) in [6, 6.07) is 13.5. The molecule has 1 amide bonds. The number of carbonyl (C=O) groups is 1. The Hall–Kier alpha value is -2.93. The lowest BCUT2D eigenvalue weighted by Gasteiger charge is -2.27. The highest BCUT2D eigenvalue weighted by molar-refractivity contribution is 7.99. The fourth-order valence-corrected chi connectivity index (χ4v) is 5.09. The molecule has 2 aliphatic carbocycles. The highest BCUT2D eigenvalue weighted by Crippen LogP contribution is 2.35. The highest BCUT2D eigenvalue weighted by atomic mass is 32.2. The number of carbonyl (C=O) groups excluding carboxylic acids is 1. The van der Waals surface area contributed by atoms with Crippen LogP contribution >= 0.6 is 11.8 Å². The normalized spacial score (nSPS) is 16.1. The summed E-state index contributed by atoms with van der Waals surface area (Å²) in [7, 11) is 0. The van der Waals surface area contributed by atoms with E-state index < -0.39 is 5.82 Å². The Morgan fingerprint density at radius 2 is 1.91 bits per heavy atom. The zero-order chi connectivity index (χ0) is 22.1. The van der Waals surface area contributed by atoms with Crippen LogP contribution in [-0.4, -0.2) is 32.2 Å². The quantitative estimate of drug-likeness (QED) is 0.390. The molecule has 2 aromatic carbocycles. The first-order valence-electron chi connectivity index (χ1n) is 11.0. The predicted octanol–water partition coefficient (Wildman–Crippen LogP) is 5.07. The maximum absolute atomic E-state index is 14.6. The van der Waals surface area contributed by atoms with E-state index in [9.17, 15) is 14.0 Å². The highest BCUT2D eigenvalue weighted by Gasteiger charge is 2.35. The van der Waals surface area contributed by atoms with Gasteiger partial charge < -0.3 is 4.90 Å². The van der Waals surface area contributed by atoms with Crippen molar-refractivity contribution in [1.82, 2.24) is 14.5 Å². The Labute approximate surface area is 190 Å². The number of fused-ring (bicyclic) bond motifs is 1. The number of hydrogen-bond acceptors (Lipinski definition) is 4. The summed E-state index contributed by atoms with van der Waals surface area (Å²) in [6.45, 7) is 0. The number of rotatable bonds is 6. The molecule has 1 fully saturated rings. The zero-order valence-electron chi connectivity index (χ0n) is 17.7. The summed E-state index contributed by atoms with van der Waals surface area (Å²) in [5.74, 6) is -0.340. The van der Waals surface area contributed by atoms with Gasteiger partial charge in [0.25, 0.3) is 5.56 Å². The molecule has 0 bridgehead atoms. The third kappa shape index (κ3) is 4.09. The van der Waals surface area contributed by atoms with E-state index in [0.29, 0.717) is 16.1 Å². The van der Waals surface area contributed by atoms with Crippen LogP contribution in [0.1, 0.15) is 38.5 Å². The van der Waals surface area contributed by atoms with Crippen molar-refractivity contribution in [2.75, 3.05) is 5.75 Å². The molecular weight excluding hydrogens is 425 g/mol. The van der Waals surface area contributed by atoms with Crippen LogP contribution in [0.2, 0.25) is 0 Å². The molecule has 5 nitrogen and oxygen atoms in total. The number of allylic oxidation sites excluding steroid dienone is 2. The fraction of sp³-hybridized carbons (Fsp3) is 0.320. The number of benzene rings is 2. The van der Waals surface area contributed by atoms with Gasteiger partial charge in [-0.05, 0) is 62.8 Å². The number of thioether (sulfide) groups is 1. The van der Waals surface area contributed by atoms with E-state index >= 15 is 0 Å². The van der Waals surface area contributed by atoms with Gasteiger partial charge in [0.2, 0.25) is 5.91 Å². The molecule has 0 saturated heterocycles. The summed E-state index contributed by atoms with van der Waals surface area (Å²) in [4.78, 5) is 33.1. The number of nitrogens with zero attached hydrogens (tertiary/aromatic N) is 3. The van der Waals surface area contributed by atoms with Crippen molar-refractivity contribution in [3.63, 3.8) is 0 Å². The Kier molecular flexibility index (Phi) is 5.83. The second-order valence-corrected chi connectivity index (χ2v) is 9.17. The molecule has 0 radical (unpaired) electrons. The Balaban J connectivity index is 1.50. The van der Waals surface area contributed by atoms with Crippen molar-refractivity contribution >= 4 is 28.6 Å². The van der Waals surface area contributed by atoms with Gasteiger partial charge in [0.1, 0.15) is 5.82 Å². The molecule has 32 heavy (non-hydrogen) atoms. The van der Waals surface area contributed by atoms with Gasteiger partial charge in [-0.1, -0.05) is 42.1 Å². The summed E-state index contributed by atoms with van der Waals surface area (Å²) in [5.41, 5.74) is 1.46. The Morgan fingerprint density at radius 3 is 2.66 bits per heavy atom. The van der Waals surface area contributed by atoms with E-state index in [-0.39, 0.29) is 28.9 Å². The maximum Gasteiger partial charge on any atom is 0.266 e. The minimum absolute atomic E-state index is 0.0214. The van der Waals surface area contributed by atoms with Crippen LogP contribution in [0.3, 0.4) is 0 Å². The van der Waals surface area contributed by atoms with Gasteiger partial charge in [-0.2, -0.15) is 0 Å². The standard InChI is InChI=1S/C25H24FN3O2S/c26-20-11-5-7-13-22(20)29-24(31)19-10-4-6-12-21(19)27-25(29)32-16-23(30)28(18-14-15-18)17-8-2-1-3-9-17/h4-8,10-13,18H,1-3,9,14-16H2. The number of halogens is 1. The Bertz CT molecular complexity index is 1270. The van der Waals surface area contributed by atoms with Crippen LogP contribution in [0, 0.1) is 5.82 Å². The van der Waals surface area contributed by atoms with Crippen LogP contribution < -0.4 is 5.56 Å². The van der Waals surface area contributed by atoms with Crippen LogP contribution in [0.15, 0.2) is 70.3 Å². The SMILES string of the molecule is O=C(CSc1nc2ccccc2c(=O)n1-c1ccccc1F)N(C1=CCCCC1)C1CC1. The number of para-hydroxylation sites is 2. The first-order valence-corrected chi connectivity index (χ1v) is 12.0. The molecule has 3 aromatic rings. The third-order valence-electron chi connectivity index (χ3n) is 5.92. The third-order valence-corrected chi connectivity index (χ3v) is 6.84. The second kappa shape index (κ2) is 8.90. The molecule has 1 aromatic heterocycles. The number of hydrogen-bond donors (Lipinski definition) is 0. The molecular formula is C25H24FN3O2S. The van der Waals surface area contributed by atoms with E-state index in [2.05, 4.69) is 11.1 Å². The van der Waals surface area contributed by atoms with Gasteiger partial charge in [-0.15, -0.1) is 0 Å². The van der Waals surface area contributed by atoms with Crippen molar-refractivity contribution in [2.24, 2.45) is 0 Å². The van der Waals surface area contributed by atoms with Crippen LogP contribution in [0.5, 0.6) is 0 Å². The lowest BCUT2D eigenvalue weighted by molar-refractivity contribution is -0.127. The second-order valence-electron chi connectivity index (χ2n) is 8.23. The minimum atomic E-state index is -0.508. The zero-order valence-corrected chi connectivity index (χ0v) is 18.5. The van der Waals surface area contributed by atoms with Gasteiger partial charge in [0, 0.05) is 11.7 Å². The first kappa shape index (κ1) is 20.9. The molecule has 1 saturated carbocycles. The molecule has 164 valence electrons. The van der Waals surface area contributed by atoms with Gasteiger partial charge in [0.15, 0.2) is 5.16 Å². The van der Waals surface area contributed by atoms with Crippen LogP contribution in [0.4, 0.5) is 4.39 Å². The van der Waals surface area contributed by atoms with Gasteiger partial charge in [-0.25, -0.2) is 9.37 Å². The smallest absolute Gasteiger partial charge is 0.266 e. The van der Waals surface area contributed by atoms with Crippen LogP contribution in [-0.2, 0) is 4.79 Å². The molecule has 0 atom stereocenters. The number of amides is 1. The summed E-state index contributed by atoms with van der Waals surface area (Å²) in [5, 5.41) is 0.735. The van der Waals surface area contributed by atoms with Crippen LogP contribution in [0.25, 0.3) is 16.6 Å². The lowest BCUT2D eigenvalue weighted by Crippen LogP contribution is -2.34. The van der Waals surface area contributed by atoms with Crippen molar-refractivity contribution in [3.8, 4) is 5.69 Å². The van der Waals surface area contributed by atoms with Crippen molar-refractivity contribution in [1.29, 1.82) is 0 Å². The molecule has 7 heteroatoms. The van der Waals surface area contributed by atoms with E-state index in [1.807, 2.05) is 11.0 Å². The lowest BCUT2D eigenvalue weighted by atomic mass is 10.0. The van der Waals surface area contributed by atoms with Gasteiger partial charge >= 0.3 is 0 Å². The van der Waals surface area contributed by atoms with Crippen molar-refractivity contribution in [2.45, 2.75) is 49.7 Å². The number of aromatic nitrogens is 2. The molecule has 0 N–H and O–H groups in total. The largest absolute Gasteiger partial charge is 0.313 e. The van der Waals surface area contributed by atoms with E-state index in [1.54, 1.807) is 36.4 Å². The van der Waals surface area contributed by atoms with E-state index in [1.165, 1.54) is 28.8 Å². The van der Waals surface area contributed by atoms with Crippen molar-refractivity contribution < 1.29 is 9.18 Å². The van der Waals surface area contributed by atoms with Gasteiger partial charge in [0.05, 0.1) is 22.3 Å². The molecule has 5 rings (SSSR count). The topological polar surface area (TPSA) is 55.2 Å². The summed E-state index contributed by atoms with van der Waals surface area (Å²) < 4.78 is 15.9. The fourth-order valence-electron chi connectivity index (χ4n) is 4.22. The molecule has 0 spiro atoms. The summed E-state index contributed by atoms with van der Waals surface area (Å²) >= 11 is 1.19. The monoisotopic (exact) mass is 449 g/mol. The molecule has 1 heterocycles. The summed E-state index contributed by atoms with van der Waals surface area (Å²) in [6.07, 6.45) is 8.46. The molecule has 2 aliphatic rings. The maximum atomic E-state index is 14.6. The van der Waals surface area contributed by atoms with Gasteiger partial charge in [-0.3, -0.25) is 14.2 Å². The molecule has 0 unspecified atom stereocenters. The van der Waals surface area contributed by atoms with Crippen molar-refractivity contribution in [3.05, 3.63) is 76.5 Å². The van der Waals surface area contributed by atoms with E-state index in [4.69, 9.17) is 0 Å². The molecule has 0 aliphatic heterocycles. The first-order chi connectivity index (χ1) is 15.6. The Morgan fingerprint density at radius 1 is 1.12 bits per heavy atom. The average Bonchev–Trinajstić information content (AvgIpc) is 3.65. The van der Waals surface area contributed by atoms with E-state index in [0.717, 1.165) is 37.8 Å². The average molecular weight is 450 g/mol.